The first kappa shape index (κ1) is 21.8. The lowest BCUT2D eigenvalue weighted by Crippen LogP contribution is -2.40. The van der Waals surface area contributed by atoms with Gasteiger partial charge in [-0.05, 0) is 51.5 Å². The molecule has 4 rings (SSSR count). The largest absolute Gasteiger partial charge is 0.496 e. The monoisotopic (exact) mass is 451 g/mol. The van der Waals surface area contributed by atoms with Crippen molar-refractivity contribution in [3.05, 3.63) is 83.8 Å². The number of benzene rings is 1. The van der Waals surface area contributed by atoms with E-state index in [1.54, 1.807) is 25.5 Å². The van der Waals surface area contributed by atoms with E-state index in [4.69, 9.17) is 9.47 Å². The highest BCUT2D eigenvalue weighted by Crippen LogP contribution is 2.35. The Morgan fingerprint density at radius 2 is 2.03 bits per heavy atom. The summed E-state index contributed by atoms with van der Waals surface area (Å²) in [5.74, 6) is 0.0942. The molecule has 0 spiro atoms. The molecule has 1 aliphatic rings. The van der Waals surface area contributed by atoms with Crippen molar-refractivity contribution in [2.24, 2.45) is 4.99 Å². The lowest BCUT2D eigenvalue weighted by atomic mass is 9.95. The number of rotatable bonds is 5. The predicted octanol–water partition coefficient (Wildman–Crippen LogP) is 2.75. The Morgan fingerprint density at radius 1 is 1.28 bits per heavy atom. The number of hydrogen-bond acceptors (Lipinski definition) is 6. The molecule has 1 aromatic carbocycles. The Bertz CT molecular complexity index is 1410. The fraction of sp³-hybridized carbons (Fsp3) is 0.292. The maximum Gasteiger partial charge on any atom is 0.338 e. The molecule has 166 valence electrons. The molecule has 3 heterocycles. The number of para-hydroxylation sites is 1. The second-order valence-electron chi connectivity index (χ2n) is 7.58. The van der Waals surface area contributed by atoms with E-state index in [0.717, 1.165) is 17.0 Å². The van der Waals surface area contributed by atoms with Crippen molar-refractivity contribution in [2.45, 2.75) is 33.7 Å². The number of nitrogens with zero attached hydrogens (tertiary/aromatic N) is 2. The number of aromatic nitrogens is 2. The fourth-order valence-corrected chi connectivity index (χ4v) is 5.05. The van der Waals surface area contributed by atoms with Crippen LogP contribution < -0.4 is 19.6 Å². The van der Waals surface area contributed by atoms with E-state index in [1.165, 1.54) is 11.3 Å². The van der Waals surface area contributed by atoms with Gasteiger partial charge in [0.2, 0.25) is 0 Å². The Hall–Kier alpha value is -3.39. The standard InChI is InChI=1S/C24H25N3O4S/c1-6-31-23(29)20-15(4)26-24-27(21(20)17-9-7-8-10-18(17)30-5)22(28)19(32-24)12-16-11-13(2)25-14(16)3/h7-12,21,25H,6H2,1-5H3/b19-12-/t21-/m0/s1. The number of aromatic amines is 1. The zero-order valence-electron chi connectivity index (χ0n) is 18.7. The van der Waals surface area contributed by atoms with Gasteiger partial charge >= 0.3 is 5.97 Å². The van der Waals surface area contributed by atoms with Crippen molar-refractivity contribution in [1.82, 2.24) is 9.55 Å². The van der Waals surface area contributed by atoms with Gasteiger partial charge in [0.05, 0.1) is 29.5 Å². The number of fused-ring (bicyclic) bond motifs is 1. The first-order valence-electron chi connectivity index (χ1n) is 10.3. The summed E-state index contributed by atoms with van der Waals surface area (Å²) in [6.45, 7) is 7.69. The molecule has 0 amide bonds. The molecular weight excluding hydrogens is 426 g/mol. The Labute approximate surface area is 189 Å². The minimum Gasteiger partial charge on any atom is -0.496 e. The summed E-state index contributed by atoms with van der Waals surface area (Å²) in [4.78, 5) is 35.0. The van der Waals surface area contributed by atoms with Gasteiger partial charge in [0, 0.05) is 17.0 Å². The van der Waals surface area contributed by atoms with Crippen LogP contribution in [0.1, 0.15) is 42.4 Å². The number of aryl methyl sites for hydroxylation is 2. The molecule has 1 atom stereocenters. The highest BCUT2D eigenvalue weighted by molar-refractivity contribution is 7.07. The summed E-state index contributed by atoms with van der Waals surface area (Å²) in [5.41, 5.74) is 4.31. The van der Waals surface area contributed by atoms with E-state index >= 15 is 0 Å². The predicted molar refractivity (Wildman–Crippen MR) is 124 cm³/mol. The van der Waals surface area contributed by atoms with Gasteiger partial charge in [-0.25, -0.2) is 9.79 Å². The summed E-state index contributed by atoms with van der Waals surface area (Å²) < 4.78 is 13.0. The van der Waals surface area contributed by atoms with E-state index in [2.05, 4.69) is 9.98 Å². The van der Waals surface area contributed by atoms with Crippen molar-refractivity contribution in [3.8, 4) is 5.75 Å². The van der Waals surface area contributed by atoms with Crippen molar-refractivity contribution in [3.63, 3.8) is 0 Å². The molecule has 1 aliphatic heterocycles. The third-order valence-electron chi connectivity index (χ3n) is 5.43. The van der Waals surface area contributed by atoms with Gasteiger partial charge in [-0.2, -0.15) is 0 Å². The number of H-pyrrole nitrogens is 1. The SMILES string of the molecule is CCOC(=O)C1=C(C)N=c2s/c(=C\c3cc(C)[nH]c3C)c(=O)n2[C@H]1c1ccccc1OC. The first-order valence-corrected chi connectivity index (χ1v) is 11.2. The van der Waals surface area contributed by atoms with Crippen LogP contribution in [0.5, 0.6) is 5.75 Å². The first-order chi connectivity index (χ1) is 15.3. The summed E-state index contributed by atoms with van der Waals surface area (Å²) in [6.07, 6.45) is 1.87. The van der Waals surface area contributed by atoms with Crippen molar-refractivity contribution >= 4 is 23.4 Å². The van der Waals surface area contributed by atoms with Crippen LogP contribution in [0.15, 0.2) is 51.4 Å². The van der Waals surface area contributed by atoms with Gasteiger partial charge in [0.25, 0.3) is 5.56 Å². The number of hydrogen-bond donors (Lipinski definition) is 1. The lowest BCUT2D eigenvalue weighted by Gasteiger charge is -2.25. The highest BCUT2D eigenvalue weighted by Gasteiger charge is 2.34. The third kappa shape index (κ3) is 3.71. The lowest BCUT2D eigenvalue weighted by molar-refractivity contribution is -0.139. The number of carbonyl (C=O) groups excluding carboxylic acids is 1. The molecule has 32 heavy (non-hydrogen) atoms. The van der Waals surface area contributed by atoms with E-state index in [-0.39, 0.29) is 12.2 Å². The quantitative estimate of drug-likeness (QED) is 0.605. The Kier molecular flexibility index (Phi) is 5.88. The van der Waals surface area contributed by atoms with E-state index < -0.39 is 12.0 Å². The average Bonchev–Trinajstić information content (AvgIpc) is 3.24. The van der Waals surface area contributed by atoms with Crippen LogP contribution in [-0.4, -0.2) is 29.2 Å². The van der Waals surface area contributed by atoms with Crippen LogP contribution in [0.4, 0.5) is 0 Å². The van der Waals surface area contributed by atoms with E-state index in [9.17, 15) is 9.59 Å². The fourth-order valence-electron chi connectivity index (χ4n) is 4.01. The molecule has 0 saturated heterocycles. The van der Waals surface area contributed by atoms with Gasteiger partial charge in [-0.15, -0.1) is 0 Å². The molecular formula is C24H25N3O4S. The molecule has 8 heteroatoms. The number of methoxy groups -OCH3 is 1. The molecule has 0 unspecified atom stereocenters. The second kappa shape index (κ2) is 8.63. The Balaban J connectivity index is 2.01. The maximum atomic E-state index is 13.6. The summed E-state index contributed by atoms with van der Waals surface area (Å²) in [6, 6.07) is 8.69. The molecule has 3 aromatic rings. The molecule has 0 saturated carbocycles. The molecule has 2 aromatic heterocycles. The van der Waals surface area contributed by atoms with E-state index in [0.29, 0.717) is 31.9 Å². The van der Waals surface area contributed by atoms with Gasteiger partial charge in [-0.1, -0.05) is 29.5 Å². The molecule has 0 aliphatic carbocycles. The molecule has 7 nitrogen and oxygen atoms in total. The minimum atomic E-state index is -0.697. The summed E-state index contributed by atoms with van der Waals surface area (Å²) >= 11 is 1.30. The van der Waals surface area contributed by atoms with Gasteiger partial charge in [0.1, 0.15) is 11.8 Å². The van der Waals surface area contributed by atoms with Gasteiger partial charge < -0.3 is 14.5 Å². The van der Waals surface area contributed by atoms with Crippen molar-refractivity contribution < 1.29 is 14.3 Å². The molecule has 0 radical (unpaired) electrons. The second-order valence-corrected chi connectivity index (χ2v) is 8.59. The van der Waals surface area contributed by atoms with Gasteiger partial charge in [0.15, 0.2) is 4.80 Å². The zero-order valence-corrected chi connectivity index (χ0v) is 19.5. The number of esters is 1. The third-order valence-corrected chi connectivity index (χ3v) is 6.41. The average molecular weight is 452 g/mol. The number of ether oxygens (including phenoxy) is 2. The van der Waals surface area contributed by atoms with Crippen molar-refractivity contribution in [2.75, 3.05) is 13.7 Å². The number of thiazole rings is 1. The molecule has 0 fully saturated rings. The van der Waals surface area contributed by atoms with Gasteiger partial charge in [-0.3, -0.25) is 9.36 Å². The number of allylic oxidation sites excluding steroid dienone is 1. The maximum absolute atomic E-state index is 13.6. The summed E-state index contributed by atoms with van der Waals surface area (Å²) in [7, 11) is 1.57. The molecule has 1 N–H and O–H groups in total. The zero-order chi connectivity index (χ0) is 23.0. The summed E-state index contributed by atoms with van der Waals surface area (Å²) in [5, 5.41) is 0. The number of nitrogens with one attached hydrogen (secondary N) is 1. The van der Waals surface area contributed by atoms with Crippen LogP contribution in [0.2, 0.25) is 0 Å². The topological polar surface area (TPSA) is 85.7 Å². The number of carbonyl (C=O) groups is 1. The smallest absolute Gasteiger partial charge is 0.338 e. The van der Waals surface area contributed by atoms with Crippen LogP contribution in [0, 0.1) is 13.8 Å². The van der Waals surface area contributed by atoms with Crippen molar-refractivity contribution in [1.29, 1.82) is 0 Å². The highest BCUT2D eigenvalue weighted by atomic mass is 32.1. The minimum absolute atomic E-state index is 0.211. The van der Waals surface area contributed by atoms with Crippen LogP contribution in [0.25, 0.3) is 6.08 Å². The normalized spacial score (nSPS) is 16.0. The van der Waals surface area contributed by atoms with E-state index in [1.807, 2.05) is 50.3 Å². The van der Waals surface area contributed by atoms with Crippen LogP contribution >= 0.6 is 11.3 Å². The Morgan fingerprint density at radius 3 is 2.69 bits per heavy atom. The van der Waals surface area contributed by atoms with Crippen LogP contribution in [-0.2, 0) is 9.53 Å². The van der Waals surface area contributed by atoms with Crippen LogP contribution in [0.3, 0.4) is 0 Å². The molecule has 0 bridgehead atoms.